The Labute approximate surface area is 267 Å². The molecule has 2 aliphatic rings. The van der Waals surface area contributed by atoms with E-state index in [9.17, 15) is 9.59 Å². The number of anilines is 1. The molecule has 4 heterocycles. The number of hydrogen-bond acceptors (Lipinski definition) is 9. The summed E-state index contributed by atoms with van der Waals surface area (Å²) < 4.78 is 13.4. The van der Waals surface area contributed by atoms with Crippen molar-refractivity contribution in [2.24, 2.45) is 0 Å². The molecule has 1 amide bonds. The van der Waals surface area contributed by atoms with Gasteiger partial charge in [0.2, 0.25) is 0 Å². The standard InChI is InChI=1S/C33H40ClN7O4/c1-20-18-39(32(43)45-33(3,4)5)16-17-40(20)29-27-28(36-31(37-29)44-19-23-12-9-15-38(23)6)30(42)41(21(2)35-27)25-14-8-11-22-10-7-13-24(34)26(22)25/h7-8,10-11,13-14,20,23H,9,12,15-19H2,1-6H3. The molecule has 2 aromatic carbocycles. The van der Waals surface area contributed by atoms with E-state index in [-0.39, 0.29) is 35.3 Å². The van der Waals surface area contributed by atoms with Gasteiger partial charge in [0.25, 0.3) is 5.56 Å². The van der Waals surface area contributed by atoms with E-state index in [1.165, 1.54) is 0 Å². The molecule has 0 N–H and O–H groups in total. The van der Waals surface area contributed by atoms with Gasteiger partial charge in [-0.1, -0.05) is 35.9 Å². The number of carbonyl (C=O) groups is 1. The molecule has 6 rings (SSSR count). The van der Waals surface area contributed by atoms with Gasteiger partial charge in [-0.05, 0) is 78.6 Å². The van der Waals surface area contributed by atoms with Gasteiger partial charge in [-0.15, -0.1) is 0 Å². The Morgan fingerprint density at radius 2 is 1.80 bits per heavy atom. The number of aromatic nitrogens is 4. The summed E-state index contributed by atoms with van der Waals surface area (Å²) >= 11 is 6.66. The van der Waals surface area contributed by atoms with Gasteiger partial charge >= 0.3 is 12.1 Å². The van der Waals surface area contributed by atoms with Crippen molar-refractivity contribution in [2.45, 2.75) is 65.1 Å². The van der Waals surface area contributed by atoms with E-state index in [0.717, 1.165) is 30.2 Å². The van der Waals surface area contributed by atoms with Crippen LogP contribution in [0.25, 0.3) is 27.5 Å². The fourth-order valence-corrected chi connectivity index (χ4v) is 6.55. The first-order valence-electron chi connectivity index (χ1n) is 15.5. The van der Waals surface area contributed by atoms with Crippen molar-refractivity contribution < 1.29 is 14.3 Å². The molecule has 0 aliphatic carbocycles. The van der Waals surface area contributed by atoms with Crippen LogP contribution in [0.3, 0.4) is 0 Å². The summed E-state index contributed by atoms with van der Waals surface area (Å²) in [6.45, 7) is 12.1. The SMILES string of the molecule is Cc1nc2c(N3CCN(C(=O)OC(C)(C)C)CC3C)nc(OCC3CCCN3C)nc2c(=O)n1-c1cccc2cccc(Cl)c12. The van der Waals surface area contributed by atoms with Crippen molar-refractivity contribution in [2.75, 3.05) is 44.7 Å². The number of likely N-dealkylation sites (tertiary alicyclic amines) is 1. The van der Waals surface area contributed by atoms with Crippen LogP contribution in [0.4, 0.5) is 10.6 Å². The van der Waals surface area contributed by atoms with Crippen molar-refractivity contribution in [1.29, 1.82) is 0 Å². The summed E-state index contributed by atoms with van der Waals surface area (Å²) in [6, 6.07) is 11.6. The minimum atomic E-state index is -0.588. The zero-order chi connectivity index (χ0) is 32.0. The third-order valence-corrected chi connectivity index (χ3v) is 8.86. The Hall–Kier alpha value is -3.96. The first kappa shape index (κ1) is 31.0. The van der Waals surface area contributed by atoms with Gasteiger partial charge in [0.1, 0.15) is 23.5 Å². The zero-order valence-corrected chi connectivity index (χ0v) is 27.5. The first-order valence-corrected chi connectivity index (χ1v) is 15.9. The number of piperazine rings is 1. The van der Waals surface area contributed by atoms with Gasteiger partial charge < -0.3 is 24.2 Å². The highest BCUT2D eigenvalue weighted by atomic mass is 35.5. The first-order chi connectivity index (χ1) is 21.4. The fourth-order valence-electron chi connectivity index (χ4n) is 6.28. The molecule has 45 heavy (non-hydrogen) atoms. The van der Waals surface area contributed by atoms with Gasteiger partial charge in [-0.25, -0.2) is 9.78 Å². The summed E-state index contributed by atoms with van der Waals surface area (Å²) in [7, 11) is 2.08. The van der Waals surface area contributed by atoms with E-state index in [2.05, 4.69) is 21.8 Å². The number of ether oxygens (including phenoxy) is 2. The highest BCUT2D eigenvalue weighted by Crippen LogP contribution is 2.32. The van der Waals surface area contributed by atoms with Crippen LogP contribution in [0.5, 0.6) is 6.01 Å². The van der Waals surface area contributed by atoms with E-state index in [1.54, 1.807) is 16.4 Å². The highest BCUT2D eigenvalue weighted by Gasteiger charge is 2.33. The molecule has 2 fully saturated rings. The van der Waals surface area contributed by atoms with Gasteiger partial charge in [0.15, 0.2) is 11.3 Å². The maximum absolute atomic E-state index is 14.4. The Bertz CT molecular complexity index is 1820. The minimum absolute atomic E-state index is 0.129. The quantitative estimate of drug-likeness (QED) is 0.293. The van der Waals surface area contributed by atoms with E-state index >= 15 is 0 Å². The highest BCUT2D eigenvalue weighted by molar-refractivity contribution is 6.36. The number of halogens is 1. The third-order valence-electron chi connectivity index (χ3n) is 8.55. The predicted octanol–water partition coefficient (Wildman–Crippen LogP) is 5.21. The number of benzene rings is 2. The van der Waals surface area contributed by atoms with Gasteiger partial charge in [-0.2, -0.15) is 9.97 Å². The number of fused-ring (bicyclic) bond motifs is 2. The van der Waals surface area contributed by atoms with E-state index in [4.69, 9.17) is 31.0 Å². The molecule has 4 aromatic rings. The minimum Gasteiger partial charge on any atom is -0.462 e. The number of hydrogen-bond donors (Lipinski definition) is 0. The molecular formula is C33H40ClN7O4. The normalized spacial score (nSPS) is 19.4. The molecule has 238 valence electrons. The third kappa shape index (κ3) is 6.15. The molecular weight excluding hydrogens is 594 g/mol. The molecule has 0 spiro atoms. The number of nitrogens with zero attached hydrogens (tertiary/aromatic N) is 7. The number of likely N-dealkylation sites (N-methyl/N-ethyl adjacent to an activating group) is 1. The molecule has 2 aromatic heterocycles. The van der Waals surface area contributed by atoms with Crippen molar-refractivity contribution in [3.05, 3.63) is 57.6 Å². The Morgan fingerprint density at radius 3 is 2.49 bits per heavy atom. The second-order valence-corrected chi connectivity index (χ2v) is 13.4. The van der Waals surface area contributed by atoms with Crippen molar-refractivity contribution >= 4 is 45.3 Å². The Balaban J connectivity index is 1.45. The molecule has 2 saturated heterocycles. The van der Waals surface area contributed by atoms with Crippen LogP contribution < -0.4 is 15.2 Å². The summed E-state index contributed by atoms with van der Waals surface area (Å²) in [5, 5.41) is 2.21. The fraction of sp³-hybridized carbons (Fsp3) is 0.485. The van der Waals surface area contributed by atoms with Crippen LogP contribution in [0.15, 0.2) is 41.2 Å². The second kappa shape index (κ2) is 12.1. The Morgan fingerprint density at radius 1 is 1.04 bits per heavy atom. The lowest BCUT2D eigenvalue weighted by molar-refractivity contribution is 0.0218. The lowest BCUT2D eigenvalue weighted by Gasteiger charge is -2.40. The van der Waals surface area contributed by atoms with Gasteiger partial charge in [0.05, 0.1) is 10.7 Å². The van der Waals surface area contributed by atoms with Crippen LogP contribution in [-0.2, 0) is 4.74 Å². The van der Waals surface area contributed by atoms with Crippen molar-refractivity contribution in [3.8, 4) is 11.7 Å². The molecule has 0 radical (unpaired) electrons. The number of carbonyl (C=O) groups excluding carboxylic acids is 1. The summed E-state index contributed by atoms with van der Waals surface area (Å²) in [4.78, 5) is 47.7. The van der Waals surface area contributed by atoms with Crippen molar-refractivity contribution in [1.82, 2.24) is 29.3 Å². The average molecular weight is 634 g/mol. The van der Waals surface area contributed by atoms with Crippen LogP contribution in [0.1, 0.15) is 46.4 Å². The number of aryl methyl sites for hydroxylation is 1. The lowest BCUT2D eigenvalue weighted by Crippen LogP contribution is -2.55. The number of rotatable bonds is 5. The second-order valence-electron chi connectivity index (χ2n) is 13.0. The average Bonchev–Trinajstić information content (AvgIpc) is 3.39. The maximum atomic E-state index is 14.4. The summed E-state index contributed by atoms with van der Waals surface area (Å²) in [5.41, 5.74) is 0.255. The molecule has 2 aliphatic heterocycles. The summed E-state index contributed by atoms with van der Waals surface area (Å²) in [5.74, 6) is 0.987. The van der Waals surface area contributed by atoms with Crippen LogP contribution >= 0.6 is 11.6 Å². The summed E-state index contributed by atoms with van der Waals surface area (Å²) in [6.07, 6.45) is 1.78. The van der Waals surface area contributed by atoms with E-state index in [1.807, 2.05) is 64.1 Å². The van der Waals surface area contributed by atoms with Crippen LogP contribution in [-0.4, -0.2) is 92.9 Å². The van der Waals surface area contributed by atoms with Crippen molar-refractivity contribution in [3.63, 3.8) is 0 Å². The maximum Gasteiger partial charge on any atom is 0.410 e. The molecule has 11 nitrogen and oxygen atoms in total. The Kier molecular flexibility index (Phi) is 8.34. The molecule has 0 saturated carbocycles. The topological polar surface area (TPSA) is 106 Å². The number of amides is 1. The van der Waals surface area contributed by atoms with Gasteiger partial charge in [-0.3, -0.25) is 9.36 Å². The van der Waals surface area contributed by atoms with Gasteiger partial charge in [0, 0.05) is 37.1 Å². The molecule has 2 atom stereocenters. The monoisotopic (exact) mass is 633 g/mol. The lowest BCUT2D eigenvalue weighted by atomic mass is 10.1. The largest absolute Gasteiger partial charge is 0.462 e. The molecule has 2 unspecified atom stereocenters. The van der Waals surface area contributed by atoms with Crippen LogP contribution in [0.2, 0.25) is 5.02 Å². The van der Waals surface area contributed by atoms with E-state index in [0.29, 0.717) is 54.1 Å². The molecule has 0 bridgehead atoms. The van der Waals surface area contributed by atoms with Crippen LogP contribution in [0, 0.1) is 6.92 Å². The molecule has 12 heteroatoms. The van der Waals surface area contributed by atoms with E-state index < -0.39 is 5.60 Å². The zero-order valence-electron chi connectivity index (χ0n) is 26.7. The predicted molar refractivity (Wildman–Crippen MR) is 176 cm³/mol. The smallest absolute Gasteiger partial charge is 0.410 e.